The number of imidazole rings is 1. The van der Waals surface area contributed by atoms with Gasteiger partial charge >= 0.3 is 0 Å². The summed E-state index contributed by atoms with van der Waals surface area (Å²) in [6, 6.07) is 12.1. The van der Waals surface area contributed by atoms with Crippen LogP contribution in [0.25, 0.3) is 5.69 Å². The fourth-order valence-corrected chi connectivity index (χ4v) is 3.72. The average molecular weight is 467 g/mol. The minimum atomic E-state index is -0.311. The molecule has 0 fully saturated rings. The number of hydrogen-bond acceptors (Lipinski definition) is 3. The number of amides is 1. The van der Waals surface area contributed by atoms with Crippen LogP contribution in [0.4, 0.5) is 10.1 Å². The molecule has 0 unspecified atom stereocenters. The molecule has 3 aromatic rings. The Balaban J connectivity index is 1.66. The predicted octanol–water partition coefficient (Wildman–Crippen LogP) is 4.66. The van der Waals surface area contributed by atoms with Gasteiger partial charge in [0.2, 0.25) is 5.91 Å². The number of carbonyl (C=O) groups excluding carboxylic acids is 1. The molecule has 1 heterocycles. The lowest BCUT2D eigenvalue weighted by molar-refractivity contribution is -0.113. The van der Waals surface area contributed by atoms with Gasteiger partial charge in [-0.2, -0.15) is 0 Å². The maximum Gasteiger partial charge on any atom is 0.234 e. The monoisotopic (exact) mass is 467 g/mol. The minimum Gasteiger partial charge on any atom is -0.325 e. The van der Waals surface area contributed by atoms with Gasteiger partial charge in [0.25, 0.3) is 0 Å². The maximum absolute atomic E-state index is 13.4. The molecule has 0 spiro atoms. The molecule has 7 heteroatoms. The van der Waals surface area contributed by atoms with Crippen LogP contribution in [-0.4, -0.2) is 21.2 Å². The van der Waals surface area contributed by atoms with E-state index in [0.717, 1.165) is 14.8 Å². The molecule has 0 aliphatic rings. The van der Waals surface area contributed by atoms with Crippen LogP contribution in [0, 0.1) is 16.3 Å². The number of rotatable bonds is 5. The van der Waals surface area contributed by atoms with Crippen molar-refractivity contribution in [3.05, 3.63) is 69.8 Å². The van der Waals surface area contributed by atoms with Crippen molar-refractivity contribution >= 4 is 45.9 Å². The van der Waals surface area contributed by atoms with Gasteiger partial charge in [-0.1, -0.05) is 17.8 Å². The molecule has 128 valence electrons. The molecule has 0 saturated carbocycles. The van der Waals surface area contributed by atoms with Crippen LogP contribution >= 0.6 is 34.4 Å². The Morgan fingerprint density at radius 3 is 2.92 bits per heavy atom. The minimum absolute atomic E-state index is 0.108. The molecule has 3 rings (SSSR count). The van der Waals surface area contributed by atoms with E-state index in [9.17, 15) is 9.18 Å². The quantitative estimate of drug-likeness (QED) is 0.439. The number of nitrogens with one attached hydrogen (secondary N) is 1. The lowest BCUT2D eigenvalue weighted by atomic mass is 10.2. The zero-order valence-electron chi connectivity index (χ0n) is 13.4. The Bertz CT molecular complexity index is 913. The largest absolute Gasteiger partial charge is 0.325 e. The van der Waals surface area contributed by atoms with Gasteiger partial charge < -0.3 is 5.32 Å². The normalized spacial score (nSPS) is 10.7. The summed E-state index contributed by atoms with van der Waals surface area (Å²) in [4.78, 5) is 16.5. The van der Waals surface area contributed by atoms with Crippen molar-refractivity contribution in [3.63, 3.8) is 0 Å². The zero-order valence-corrected chi connectivity index (χ0v) is 16.3. The van der Waals surface area contributed by atoms with Crippen LogP contribution in [0.5, 0.6) is 0 Å². The van der Waals surface area contributed by atoms with Crippen LogP contribution < -0.4 is 5.32 Å². The first-order valence-corrected chi connectivity index (χ1v) is 9.57. The van der Waals surface area contributed by atoms with Gasteiger partial charge in [0.1, 0.15) is 5.82 Å². The highest BCUT2D eigenvalue weighted by molar-refractivity contribution is 14.1. The van der Waals surface area contributed by atoms with E-state index >= 15 is 0 Å². The summed E-state index contributed by atoms with van der Waals surface area (Å²) in [6.07, 6.45) is 3.38. The van der Waals surface area contributed by atoms with E-state index in [-0.39, 0.29) is 17.5 Å². The van der Waals surface area contributed by atoms with Gasteiger partial charge in [0.15, 0.2) is 5.16 Å². The highest BCUT2D eigenvalue weighted by atomic mass is 127. The van der Waals surface area contributed by atoms with Crippen LogP contribution in [0.1, 0.15) is 5.56 Å². The fraction of sp³-hybridized carbons (Fsp3) is 0.111. The van der Waals surface area contributed by atoms with Crippen molar-refractivity contribution in [1.82, 2.24) is 9.55 Å². The van der Waals surface area contributed by atoms with Crippen molar-refractivity contribution in [1.29, 1.82) is 0 Å². The predicted molar refractivity (Wildman–Crippen MR) is 107 cm³/mol. The number of aromatic nitrogens is 2. The van der Waals surface area contributed by atoms with Gasteiger partial charge in [-0.15, -0.1) is 0 Å². The summed E-state index contributed by atoms with van der Waals surface area (Å²) >= 11 is 3.54. The summed E-state index contributed by atoms with van der Waals surface area (Å²) in [7, 11) is 0. The maximum atomic E-state index is 13.4. The molecule has 0 aliphatic heterocycles. The number of halogens is 2. The molecule has 25 heavy (non-hydrogen) atoms. The van der Waals surface area contributed by atoms with Gasteiger partial charge in [0.05, 0.1) is 11.4 Å². The number of carbonyl (C=O) groups is 1. The number of anilines is 1. The second-order valence-corrected chi connectivity index (χ2v) is 7.54. The topological polar surface area (TPSA) is 46.9 Å². The van der Waals surface area contributed by atoms with Gasteiger partial charge in [-0.05, 0) is 71.5 Å². The van der Waals surface area contributed by atoms with E-state index < -0.39 is 0 Å². The van der Waals surface area contributed by atoms with Crippen molar-refractivity contribution in [2.24, 2.45) is 0 Å². The van der Waals surface area contributed by atoms with E-state index in [1.165, 1.54) is 23.9 Å². The first-order chi connectivity index (χ1) is 12.0. The van der Waals surface area contributed by atoms with Crippen molar-refractivity contribution in [2.45, 2.75) is 12.1 Å². The summed E-state index contributed by atoms with van der Waals surface area (Å²) in [5, 5.41) is 3.55. The van der Waals surface area contributed by atoms with Crippen LogP contribution in [0.3, 0.4) is 0 Å². The standard InChI is InChI=1S/C18H15FIN3OS/c1-12-9-14(20)5-6-16(12)22-17(24)11-25-18-21-7-8-23(18)15-4-2-3-13(19)10-15/h2-10H,11H2,1H3,(H,22,24). The first-order valence-electron chi connectivity index (χ1n) is 7.51. The van der Waals surface area contributed by atoms with E-state index in [4.69, 9.17) is 0 Å². The summed E-state index contributed by atoms with van der Waals surface area (Å²) < 4.78 is 16.3. The molecule has 0 radical (unpaired) electrons. The van der Waals surface area contributed by atoms with E-state index in [2.05, 4.69) is 32.9 Å². The number of benzene rings is 2. The second kappa shape index (κ2) is 8.01. The molecular formula is C18H15FIN3OS. The Labute approximate surface area is 163 Å². The van der Waals surface area contributed by atoms with E-state index in [0.29, 0.717) is 10.8 Å². The molecule has 0 bridgehead atoms. The Morgan fingerprint density at radius 1 is 1.32 bits per heavy atom. The first kappa shape index (κ1) is 17.9. The lowest BCUT2D eigenvalue weighted by Gasteiger charge is -2.10. The second-order valence-electron chi connectivity index (χ2n) is 5.36. The molecule has 0 aliphatic carbocycles. The summed E-state index contributed by atoms with van der Waals surface area (Å²) in [5.41, 5.74) is 2.50. The Hall–Kier alpha value is -1.87. The lowest BCUT2D eigenvalue weighted by Crippen LogP contribution is -2.15. The van der Waals surface area contributed by atoms with Crippen LogP contribution in [-0.2, 0) is 4.79 Å². The van der Waals surface area contributed by atoms with Crippen LogP contribution in [0.2, 0.25) is 0 Å². The number of thioether (sulfide) groups is 1. The van der Waals surface area contributed by atoms with E-state index in [1.807, 2.05) is 25.1 Å². The highest BCUT2D eigenvalue weighted by Crippen LogP contribution is 2.22. The Kier molecular flexibility index (Phi) is 5.74. The van der Waals surface area contributed by atoms with Gasteiger partial charge in [0, 0.05) is 21.7 Å². The molecule has 1 N–H and O–H groups in total. The summed E-state index contributed by atoms with van der Waals surface area (Å²) in [5.74, 6) is -0.199. The molecule has 1 aromatic heterocycles. The SMILES string of the molecule is Cc1cc(I)ccc1NC(=O)CSc1nccn1-c1cccc(F)c1. The molecule has 0 saturated heterocycles. The van der Waals surface area contributed by atoms with Gasteiger partial charge in [-0.25, -0.2) is 9.37 Å². The fourth-order valence-electron chi connectivity index (χ4n) is 2.30. The average Bonchev–Trinajstić information content (AvgIpc) is 3.04. The molecule has 0 atom stereocenters. The van der Waals surface area contributed by atoms with Crippen molar-refractivity contribution < 1.29 is 9.18 Å². The number of hydrogen-bond donors (Lipinski definition) is 1. The molecule has 1 amide bonds. The van der Waals surface area contributed by atoms with Gasteiger partial charge in [-0.3, -0.25) is 9.36 Å². The third kappa shape index (κ3) is 4.60. The number of aryl methyl sites for hydroxylation is 1. The molecule has 4 nitrogen and oxygen atoms in total. The Morgan fingerprint density at radius 2 is 2.16 bits per heavy atom. The van der Waals surface area contributed by atoms with Crippen molar-refractivity contribution in [3.8, 4) is 5.69 Å². The van der Waals surface area contributed by atoms with E-state index in [1.54, 1.807) is 29.1 Å². The molecular weight excluding hydrogens is 452 g/mol. The zero-order chi connectivity index (χ0) is 17.8. The summed E-state index contributed by atoms with van der Waals surface area (Å²) in [6.45, 7) is 1.96. The third-order valence-electron chi connectivity index (χ3n) is 3.49. The van der Waals surface area contributed by atoms with Crippen molar-refractivity contribution in [2.75, 3.05) is 11.1 Å². The molecule has 2 aromatic carbocycles. The third-order valence-corrected chi connectivity index (χ3v) is 5.13. The van der Waals surface area contributed by atoms with Crippen LogP contribution in [0.15, 0.2) is 60.0 Å². The smallest absolute Gasteiger partial charge is 0.234 e. The highest BCUT2D eigenvalue weighted by Gasteiger charge is 2.10. The number of nitrogens with zero attached hydrogens (tertiary/aromatic N) is 2.